The number of benzene rings is 1. The van der Waals surface area contributed by atoms with E-state index in [-0.39, 0.29) is 6.04 Å². The molecule has 2 aromatic rings. The zero-order chi connectivity index (χ0) is 13.1. The van der Waals surface area contributed by atoms with Crippen molar-refractivity contribution in [1.82, 2.24) is 4.98 Å². The van der Waals surface area contributed by atoms with Gasteiger partial charge >= 0.3 is 0 Å². The monoisotopic (exact) mass is 342 g/mol. The van der Waals surface area contributed by atoms with Gasteiger partial charge in [-0.25, -0.2) is 4.98 Å². The molecule has 0 aliphatic carbocycles. The van der Waals surface area contributed by atoms with Crippen molar-refractivity contribution < 1.29 is 0 Å². The molecule has 2 N–H and O–H groups in total. The van der Waals surface area contributed by atoms with Crippen LogP contribution < -0.4 is 5.73 Å². The SMILES string of the molecule is C[C@H](N)c1ccc(Sc2ccc(Br)cn2)c(Cl)c1. The summed E-state index contributed by atoms with van der Waals surface area (Å²) < 4.78 is 0.963. The molecule has 2 rings (SSSR count). The normalized spacial score (nSPS) is 12.4. The molecular formula is C13H12BrClN2S. The Labute approximate surface area is 124 Å². The summed E-state index contributed by atoms with van der Waals surface area (Å²) in [5.74, 6) is 0. The maximum atomic E-state index is 6.24. The van der Waals surface area contributed by atoms with Crippen molar-refractivity contribution >= 4 is 39.3 Å². The predicted molar refractivity (Wildman–Crippen MR) is 80.1 cm³/mol. The molecule has 94 valence electrons. The third-order valence-electron chi connectivity index (χ3n) is 2.40. The fraction of sp³-hybridized carbons (Fsp3) is 0.154. The van der Waals surface area contributed by atoms with Crippen molar-refractivity contribution in [3.63, 3.8) is 0 Å². The van der Waals surface area contributed by atoms with E-state index in [1.807, 2.05) is 37.3 Å². The largest absolute Gasteiger partial charge is 0.324 e. The summed E-state index contributed by atoms with van der Waals surface area (Å²) in [6.45, 7) is 1.94. The summed E-state index contributed by atoms with van der Waals surface area (Å²) in [7, 11) is 0. The van der Waals surface area contributed by atoms with Gasteiger partial charge in [-0.05, 0) is 52.7 Å². The van der Waals surface area contributed by atoms with Crippen molar-refractivity contribution in [2.45, 2.75) is 22.9 Å². The lowest BCUT2D eigenvalue weighted by molar-refractivity contribution is 0.817. The lowest BCUT2D eigenvalue weighted by Gasteiger charge is -2.09. The molecule has 0 spiro atoms. The molecule has 0 unspecified atom stereocenters. The number of hydrogen-bond acceptors (Lipinski definition) is 3. The first kappa shape index (κ1) is 13.9. The highest BCUT2D eigenvalue weighted by Crippen LogP contribution is 2.33. The van der Waals surface area contributed by atoms with Crippen LogP contribution >= 0.6 is 39.3 Å². The van der Waals surface area contributed by atoms with E-state index in [9.17, 15) is 0 Å². The number of pyridine rings is 1. The van der Waals surface area contributed by atoms with Gasteiger partial charge in [0, 0.05) is 21.6 Å². The van der Waals surface area contributed by atoms with Gasteiger partial charge in [-0.1, -0.05) is 29.4 Å². The Balaban J connectivity index is 2.22. The Kier molecular flexibility index (Phi) is 4.67. The molecule has 18 heavy (non-hydrogen) atoms. The van der Waals surface area contributed by atoms with Crippen LogP contribution in [0.1, 0.15) is 18.5 Å². The van der Waals surface area contributed by atoms with Crippen molar-refractivity contribution in [3.8, 4) is 0 Å². The first-order valence-corrected chi connectivity index (χ1v) is 7.39. The van der Waals surface area contributed by atoms with Gasteiger partial charge in [-0.15, -0.1) is 0 Å². The van der Waals surface area contributed by atoms with Crippen molar-refractivity contribution in [2.75, 3.05) is 0 Å². The third kappa shape index (κ3) is 3.48. The van der Waals surface area contributed by atoms with Crippen LogP contribution in [0.4, 0.5) is 0 Å². The van der Waals surface area contributed by atoms with E-state index < -0.39 is 0 Å². The highest BCUT2D eigenvalue weighted by Gasteiger charge is 2.07. The van der Waals surface area contributed by atoms with E-state index in [1.54, 1.807) is 6.20 Å². The Hall–Kier alpha value is -0.550. The van der Waals surface area contributed by atoms with Crippen LogP contribution in [0.25, 0.3) is 0 Å². The Morgan fingerprint density at radius 3 is 2.67 bits per heavy atom. The standard InChI is InChI=1S/C13H12BrClN2S/c1-8(16)9-2-4-12(11(15)6-9)18-13-5-3-10(14)7-17-13/h2-8H,16H2,1H3/t8-/m0/s1. The van der Waals surface area contributed by atoms with Crippen LogP contribution in [0.3, 0.4) is 0 Å². The van der Waals surface area contributed by atoms with Crippen LogP contribution in [0, 0.1) is 0 Å². The maximum absolute atomic E-state index is 6.24. The average Bonchev–Trinajstić information content (AvgIpc) is 2.34. The van der Waals surface area contributed by atoms with Gasteiger partial charge < -0.3 is 5.73 Å². The molecule has 0 aliphatic heterocycles. The highest BCUT2D eigenvalue weighted by molar-refractivity contribution is 9.10. The first-order valence-electron chi connectivity index (χ1n) is 5.40. The zero-order valence-electron chi connectivity index (χ0n) is 9.73. The van der Waals surface area contributed by atoms with E-state index in [0.29, 0.717) is 5.02 Å². The van der Waals surface area contributed by atoms with Crippen LogP contribution in [0.5, 0.6) is 0 Å². The minimum absolute atomic E-state index is 0.00708. The Bertz CT molecular complexity index is 543. The van der Waals surface area contributed by atoms with Crippen LogP contribution in [0.15, 0.2) is 50.9 Å². The molecule has 0 amide bonds. The van der Waals surface area contributed by atoms with Gasteiger partial charge in [0.2, 0.25) is 0 Å². The summed E-state index contributed by atoms with van der Waals surface area (Å²) in [5.41, 5.74) is 6.85. The minimum Gasteiger partial charge on any atom is -0.324 e. The molecule has 0 aliphatic rings. The molecule has 1 atom stereocenters. The summed E-state index contributed by atoms with van der Waals surface area (Å²) in [6, 6.07) is 9.79. The molecular weight excluding hydrogens is 332 g/mol. The predicted octanol–water partition coefficient (Wildman–Crippen LogP) is 4.67. The molecule has 1 aromatic carbocycles. The third-order valence-corrected chi connectivity index (χ3v) is 4.32. The zero-order valence-corrected chi connectivity index (χ0v) is 12.9. The molecule has 1 aromatic heterocycles. The molecule has 2 nitrogen and oxygen atoms in total. The van der Waals surface area contributed by atoms with Crippen LogP contribution in [0.2, 0.25) is 5.02 Å². The van der Waals surface area contributed by atoms with Gasteiger partial charge in [-0.3, -0.25) is 0 Å². The van der Waals surface area contributed by atoms with E-state index in [2.05, 4.69) is 20.9 Å². The minimum atomic E-state index is -0.00708. The molecule has 5 heteroatoms. The van der Waals surface area contributed by atoms with E-state index in [4.69, 9.17) is 17.3 Å². The van der Waals surface area contributed by atoms with Gasteiger partial charge in [0.1, 0.15) is 5.03 Å². The summed E-state index contributed by atoms with van der Waals surface area (Å²) >= 11 is 11.1. The van der Waals surface area contributed by atoms with E-state index in [0.717, 1.165) is 20.0 Å². The van der Waals surface area contributed by atoms with Gasteiger partial charge in [-0.2, -0.15) is 0 Å². The fourth-order valence-corrected chi connectivity index (χ4v) is 2.72. The quantitative estimate of drug-likeness (QED) is 0.880. The number of nitrogens with two attached hydrogens (primary N) is 1. The smallest absolute Gasteiger partial charge is 0.101 e. The summed E-state index contributed by atoms with van der Waals surface area (Å²) in [6.07, 6.45) is 1.77. The van der Waals surface area contributed by atoms with Crippen molar-refractivity contribution in [2.24, 2.45) is 5.73 Å². The number of nitrogens with zero attached hydrogens (tertiary/aromatic N) is 1. The highest BCUT2D eigenvalue weighted by atomic mass is 79.9. The Morgan fingerprint density at radius 1 is 1.33 bits per heavy atom. The molecule has 0 radical (unpaired) electrons. The maximum Gasteiger partial charge on any atom is 0.101 e. The number of rotatable bonds is 3. The number of halogens is 2. The number of hydrogen-bond donors (Lipinski definition) is 1. The summed E-state index contributed by atoms with van der Waals surface area (Å²) in [4.78, 5) is 5.29. The molecule has 1 heterocycles. The fourth-order valence-electron chi connectivity index (χ4n) is 1.42. The average molecular weight is 344 g/mol. The second-order valence-corrected chi connectivity index (χ2v) is 6.28. The first-order chi connectivity index (χ1) is 8.56. The topological polar surface area (TPSA) is 38.9 Å². The molecule has 0 saturated heterocycles. The van der Waals surface area contributed by atoms with Crippen molar-refractivity contribution in [1.29, 1.82) is 0 Å². The van der Waals surface area contributed by atoms with E-state index in [1.165, 1.54) is 11.8 Å². The van der Waals surface area contributed by atoms with Gasteiger partial charge in [0.15, 0.2) is 0 Å². The van der Waals surface area contributed by atoms with E-state index >= 15 is 0 Å². The van der Waals surface area contributed by atoms with Gasteiger partial charge in [0.25, 0.3) is 0 Å². The van der Waals surface area contributed by atoms with Gasteiger partial charge in [0.05, 0.1) is 5.02 Å². The Morgan fingerprint density at radius 2 is 2.11 bits per heavy atom. The molecule has 0 saturated carbocycles. The molecule has 0 fully saturated rings. The van der Waals surface area contributed by atoms with Crippen LogP contribution in [-0.2, 0) is 0 Å². The lowest BCUT2D eigenvalue weighted by Crippen LogP contribution is -2.04. The molecule has 0 bridgehead atoms. The summed E-state index contributed by atoms with van der Waals surface area (Å²) in [5, 5.41) is 1.62. The number of aromatic nitrogens is 1. The second-order valence-electron chi connectivity index (χ2n) is 3.90. The second kappa shape index (κ2) is 6.06. The van der Waals surface area contributed by atoms with Crippen molar-refractivity contribution in [3.05, 3.63) is 51.6 Å². The van der Waals surface area contributed by atoms with Crippen LogP contribution in [-0.4, -0.2) is 4.98 Å². The lowest BCUT2D eigenvalue weighted by atomic mass is 10.1.